The number of hydrogen-bond acceptors (Lipinski definition) is 11. The average molecular weight is 702 g/mol. The quantitative estimate of drug-likeness (QED) is 0.126. The molecular weight excluding hydrogens is 663 g/mol. The number of esters is 1. The van der Waals surface area contributed by atoms with E-state index in [2.05, 4.69) is 60.0 Å². The predicted molar refractivity (Wildman–Crippen MR) is 186 cm³/mol. The maximum atomic E-state index is 13.1. The topological polar surface area (TPSA) is 158 Å². The van der Waals surface area contributed by atoms with Gasteiger partial charge in [0, 0.05) is 13.3 Å². The van der Waals surface area contributed by atoms with Gasteiger partial charge in [-0.15, -0.1) is 0 Å². The molecule has 5 aromatic rings. The number of nitrogen functional groups attached to an aromatic ring is 1. The van der Waals surface area contributed by atoms with Crippen LogP contribution in [0.1, 0.15) is 45.9 Å². The van der Waals surface area contributed by atoms with Crippen molar-refractivity contribution in [1.82, 2.24) is 19.5 Å². The summed E-state index contributed by atoms with van der Waals surface area (Å²) >= 11 is 0. The van der Waals surface area contributed by atoms with Gasteiger partial charge in [-0.2, -0.15) is 18.4 Å². The van der Waals surface area contributed by atoms with E-state index in [-0.39, 0.29) is 46.0 Å². The summed E-state index contributed by atoms with van der Waals surface area (Å²) in [4.78, 5) is 25.0. The van der Waals surface area contributed by atoms with Crippen LogP contribution >= 0.6 is 0 Å². The molecule has 1 fully saturated rings. The lowest BCUT2D eigenvalue weighted by molar-refractivity contribution is -0.150. The Bertz CT molecular complexity index is 2010. The summed E-state index contributed by atoms with van der Waals surface area (Å²) in [5, 5.41) is 1.93. The van der Waals surface area contributed by atoms with Crippen LogP contribution in [0.3, 0.4) is 0 Å². The second-order valence-electron chi connectivity index (χ2n) is 13.0. The standard InChI is InChI=1S/C35H39N5O7SSi/c1-23-16-18-25(19-17-23)48(42,43)47-33-31-32(38-34(36)39-33)40(22-37-31)30-20-28(45-24(2)41)29(46-30)21-44-49(35(3,4)5,26-12-8-6-9-13-26)27-14-10-7-11-15-27/h6-19,22,28-30H,20-21H2,1-5H3,(H2,36,38,39)/t28-,29+,30+/m0/s1. The van der Waals surface area contributed by atoms with Crippen molar-refractivity contribution in [2.24, 2.45) is 0 Å². The second kappa shape index (κ2) is 13.3. The molecule has 1 aliphatic rings. The van der Waals surface area contributed by atoms with Crippen LogP contribution in [0.15, 0.2) is 96.2 Å². The number of benzene rings is 3. The van der Waals surface area contributed by atoms with Gasteiger partial charge in [0.05, 0.1) is 12.9 Å². The molecule has 0 saturated carbocycles. The molecule has 3 heterocycles. The average Bonchev–Trinajstić information content (AvgIpc) is 3.65. The molecule has 3 aromatic carbocycles. The predicted octanol–water partition coefficient (Wildman–Crippen LogP) is 4.28. The van der Waals surface area contributed by atoms with Gasteiger partial charge in [-0.1, -0.05) is 99.1 Å². The van der Waals surface area contributed by atoms with Crippen molar-refractivity contribution in [3.05, 3.63) is 96.8 Å². The zero-order chi connectivity index (χ0) is 35.0. The van der Waals surface area contributed by atoms with Crippen molar-refractivity contribution in [3.63, 3.8) is 0 Å². The van der Waals surface area contributed by atoms with Gasteiger partial charge in [0.1, 0.15) is 23.3 Å². The van der Waals surface area contributed by atoms with E-state index in [9.17, 15) is 13.2 Å². The molecule has 2 N–H and O–H groups in total. The number of rotatable bonds is 10. The SMILES string of the molecule is CC(=O)O[C@H]1C[C@H](n2cnc3c(OS(=O)(=O)c4ccc(C)cc4)nc(N)nc32)O[C@@H]1CO[Si](c1ccccc1)(c1ccccc1)C(C)(C)C. The van der Waals surface area contributed by atoms with Gasteiger partial charge in [0.25, 0.3) is 14.2 Å². The lowest BCUT2D eigenvalue weighted by atomic mass is 10.2. The number of aromatic nitrogens is 4. The number of ether oxygens (including phenoxy) is 2. The number of nitrogens with zero attached hydrogens (tertiary/aromatic N) is 4. The van der Waals surface area contributed by atoms with Crippen LogP contribution in [-0.4, -0.2) is 61.0 Å². The smallest absolute Gasteiger partial charge is 0.340 e. The molecular formula is C35H39N5O7SSi. The Hall–Kier alpha value is -4.63. The van der Waals surface area contributed by atoms with E-state index in [0.29, 0.717) is 0 Å². The third kappa shape index (κ3) is 6.81. The maximum Gasteiger partial charge on any atom is 0.340 e. The van der Waals surface area contributed by atoms with Crippen molar-refractivity contribution in [2.75, 3.05) is 12.3 Å². The van der Waals surface area contributed by atoms with E-state index in [1.165, 1.54) is 25.4 Å². The fraction of sp³-hybridized carbons (Fsp3) is 0.314. The number of aryl methyl sites for hydroxylation is 1. The second-order valence-corrected chi connectivity index (χ2v) is 18.9. The van der Waals surface area contributed by atoms with E-state index in [4.69, 9.17) is 23.8 Å². The molecule has 1 saturated heterocycles. The molecule has 256 valence electrons. The monoisotopic (exact) mass is 701 g/mol. The van der Waals surface area contributed by atoms with Crippen molar-refractivity contribution in [1.29, 1.82) is 0 Å². The number of nitrogens with two attached hydrogens (primary N) is 1. The van der Waals surface area contributed by atoms with Gasteiger partial charge in [-0.3, -0.25) is 9.36 Å². The largest absolute Gasteiger partial charge is 0.460 e. The minimum absolute atomic E-state index is 0.0463. The molecule has 0 unspecified atom stereocenters. The van der Waals surface area contributed by atoms with E-state index in [1.807, 2.05) is 43.3 Å². The zero-order valence-electron chi connectivity index (χ0n) is 27.9. The van der Waals surface area contributed by atoms with Crippen LogP contribution in [0.4, 0.5) is 5.95 Å². The van der Waals surface area contributed by atoms with Gasteiger partial charge in [0.15, 0.2) is 11.2 Å². The molecule has 12 nitrogen and oxygen atoms in total. The molecule has 3 atom stereocenters. The lowest BCUT2D eigenvalue weighted by Crippen LogP contribution is -2.67. The summed E-state index contributed by atoms with van der Waals surface area (Å²) in [7, 11) is -7.19. The van der Waals surface area contributed by atoms with Gasteiger partial charge in [0.2, 0.25) is 5.95 Å². The third-order valence-corrected chi connectivity index (χ3v) is 14.8. The number of fused-ring (bicyclic) bond motifs is 1. The van der Waals surface area contributed by atoms with Crippen molar-refractivity contribution < 1.29 is 31.3 Å². The molecule has 6 rings (SSSR count). The normalized spacial score (nSPS) is 18.4. The Morgan fingerprint density at radius 2 is 1.59 bits per heavy atom. The molecule has 49 heavy (non-hydrogen) atoms. The Labute approximate surface area is 286 Å². The first kappa shape index (κ1) is 34.2. The number of carbonyl (C=O) groups is 1. The Kier molecular flexibility index (Phi) is 9.33. The Morgan fingerprint density at radius 3 is 2.16 bits per heavy atom. The highest BCUT2D eigenvalue weighted by Crippen LogP contribution is 2.39. The number of hydrogen-bond donors (Lipinski definition) is 1. The minimum atomic E-state index is -4.26. The summed E-state index contributed by atoms with van der Waals surface area (Å²) in [5.41, 5.74) is 7.20. The van der Waals surface area contributed by atoms with Crippen LogP contribution in [0.2, 0.25) is 5.04 Å². The summed E-state index contributed by atoms with van der Waals surface area (Å²) < 4.78 is 52.7. The van der Waals surface area contributed by atoms with Gasteiger partial charge < -0.3 is 23.8 Å². The van der Waals surface area contributed by atoms with E-state index < -0.39 is 42.8 Å². The van der Waals surface area contributed by atoms with Crippen LogP contribution in [0.25, 0.3) is 11.2 Å². The molecule has 1 aliphatic heterocycles. The van der Waals surface area contributed by atoms with E-state index >= 15 is 0 Å². The van der Waals surface area contributed by atoms with Crippen molar-refractivity contribution in [2.45, 2.75) is 69.4 Å². The molecule has 0 spiro atoms. The zero-order valence-corrected chi connectivity index (χ0v) is 29.8. The van der Waals surface area contributed by atoms with E-state index in [1.54, 1.807) is 16.7 Å². The van der Waals surface area contributed by atoms with Crippen LogP contribution < -0.4 is 20.3 Å². The highest BCUT2D eigenvalue weighted by molar-refractivity contribution is 7.87. The number of carbonyl (C=O) groups excluding carboxylic acids is 1. The summed E-state index contributed by atoms with van der Waals surface area (Å²) in [6, 6.07) is 26.7. The number of anilines is 1. The van der Waals surface area contributed by atoms with Gasteiger partial charge in [-0.05, 0) is 34.5 Å². The molecule has 0 amide bonds. The molecule has 0 bridgehead atoms. The Balaban J connectivity index is 1.32. The first-order valence-corrected chi connectivity index (χ1v) is 19.2. The Morgan fingerprint density at radius 1 is 0.980 bits per heavy atom. The van der Waals surface area contributed by atoms with Gasteiger partial charge >= 0.3 is 16.1 Å². The van der Waals surface area contributed by atoms with Gasteiger partial charge in [-0.25, -0.2) is 4.98 Å². The highest BCUT2D eigenvalue weighted by Gasteiger charge is 2.51. The summed E-state index contributed by atoms with van der Waals surface area (Å²) in [6.45, 7) is 9.88. The highest BCUT2D eigenvalue weighted by atomic mass is 32.2. The summed E-state index contributed by atoms with van der Waals surface area (Å²) in [6.07, 6.45) is -0.315. The van der Waals surface area contributed by atoms with Crippen LogP contribution in [0, 0.1) is 6.92 Å². The van der Waals surface area contributed by atoms with E-state index in [0.717, 1.165) is 15.9 Å². The first-order chi connectivity index (χ1) is 23.3. The lowest BCUT2D eigenvalue weighted by Gasteiger charge is -2.43. The number of imidazole rings is 1. The molecule has 2 aromatic heterocycles. The van der Waals surface area contributed by atoms with Crippen molar-refractivity contribution >= 4 is 51.9 Å². The minimum Gasteiger partial charge on any atom is -0.460 e. The molecule has 14 heteroatoms. The fourth-order valence-electron chi connectivity index (χ4n) is 6.36. The molecule has 0 radical (unpaired) electrons. The maximum absolute atomic E-state index is 13.1. The van der Waals surface area contributed by atoms with Crippen LogP contribution in [-0.2, 0) is 28.8 Å². The third-order valence-electron chi connectivity index (χ3n) is 8.59. The summed E-state index contributed by atoms with van der Waals surface area (Å²) in [5.74, 6) is -0.990. The first-order valence-electron chi connectivity index (χ1n) is 15.9. The van der Waals surface area contributed by atoms with Crippen molar-refractivity contribution in [3.8, 4) is 5.88 Å². The fourth-order valence-corrected chi connectivity index (χ4v) is 11.8. The van der Waals surface area contributed by atoms with Crippen LogP contribution in [0.5, 0.6) is 5.88 Å². The molecule has 0 aliphatic carbocycles.